The minimum absolute atomic E-state index is 0.384. The highest BCUT2D eigenvalue weighted by Crippen LogP contribution is 2.26. The Morgan fingerprint density at radius 2 is 2.00 bits per heavy atom. The second-order valence-corrected chi connectivity index (χ2v) is 7.56. The lowest BCUT2D eigenvalue weighted by molar-refractivity contribution is 0.0753. The molecule has 2 N–H and O–H groups in total. The summed E-state index contributed by atoms with van der Waals surface area (Å²) >= 11 is 3.19. The predicted octanol–water partition coefficient (Wildman–Crippen LogP) is 4.15. The third kappa shape index (κ3) is 4.56. The number of benzene rings is 1. The zero-order valence-corrected chi connectivity index (χ0v) is 15.0. The lowest BCUT2D eigenvalue weighted by Gasteiger charge is -2.22. The zero-order chi connectivity index (χ0) is 16.8. The van der Waals surface area contributed by atoms with Crippen LogP contribution in [0.3, 0.4) is 0 Å². The standard InChI is InChI=1S/C18H19N3OS2/c1-18(22,15-8-5-9-23-15)13-20-16-10-19-11-17(21-16)24-12-14-6-3-2-4-7-14/h2-11,22H,12-13H2,1H3,(H,20,21). The Labute approximate surface area is 150 Å². The minimum Gasteiger partial charge on any atom is -0.383 e. The highest BCUT2D eigenvalue weighted by molar-refractivity contribution is 7.98. The van der Waals surface area contributed by atoms with E-state index in [0.29, 0.717) is 12.4 Å². The van der Waals surface area contributed by atoms with E-state index in [2.05, 4.69) is 27.4 Å². The van der Waals surface area contributed by atoms with Gasteiger partial charge in [-0.3, -0.25) is 4.98 Å². The van der Waals surface area contributed by atoms with Crippen molar-refractivity contribution in [1.29, 1.82) is 0 Å². The molecule has 0 fully saturated rings. The molecule has 4 nitrogen and oxygen atoms in total. The molecule has 3 aromatic rings. The van der Waals surface area contributed by atoms with Crippen molar-refractivity contribution < 1.29 is 5.11 Å². The van der Waals surface area contributed by atoms with E-state index in [1.54, 1.807) is 42.4 Å². The van der Waals surface area contributed by atoms with Crippen molar-refractivity contribution in [1.82, 2.24) is 9.97 Å². The third-order valence-corrected chi connectivity index (χ3v) is 5.60. The first-order valence-corrected chi connectivity index (χ1v) is 9.49. The van der Waals surface area contributed by atoms with E-state index < -0.39 is 5.60 Å². The fourth-order valence-electron chi connectivity index (χ4n) is 2.17. The van der Waals surface area contributed by atoms with Crippen molar-refractivity contribution in [3.63, 3.8) is 0 Å². The molecular formula is C18H19N3OS2. The number of hydrogen-bond acceptors (Lipinski definition) is 6. The smallest absolute Gasteiger partial charge is 0.145 e. The average Bonchev–Trinajstić information content (AvgIpc) is 3.15. The number of rotatable bonds is 7. The number of thiophene rings is 1. The van der Waals surface area contributed by atoms with Crippen molar-refractivity contribution in [3.05, 3.63) is 70.7 Å². The zero-order valence-electron chi connectivity index (χ0n) is 13.3. The van der Waals surface area contributed by atoms with E-state index >= 15 is 0 Å². The molecule has 1 aromatic carbocycles. The Kier molecular flexibility index (Phi) is 5.50. The molecule has 3 rings (SSSR count). The van der Waals surface area contributed by atoms with Gasteiger partial charge in [-0.05, 0) is 23.9 Å². The van der Waals surface area contributed by atoms with Gasteiger partial charge >= 0.3 is 0 Å². The van der Waals surface area contributed by atoms with Gasteiger partial charge in [0.05, 0.1) is 12.4 Å². The number of aromatic nitrogens is 2. The van der Waals surface area contributed by atoms with E-state index in [4.69, 9.17) is 0 Å². The fraction of sp³-hybridized carbons (Fsp3) is 0.222. The van der Waals surface area contributed by atoms with E-state index in [-0.39, 0.29) is 0 Å². The molecule has 124 valence electrons. The van der Waals surface area contributed by atoms with Crippen molar-refractivity contribution in [2.45, 2.75) is 23.3 Å². The second kappa shape index (κ2) is 7.79. The minimum atomic E-state index is -0.928. The molecule has 0 aliphatic carbocycles. The summed E-state index contributed by atoms with van der Waals surface area (Å²) < 4.78 is 0. The molecule has 6 heteroatoms. The van der Waals surface area contributed by atoms with Gasteiger partial charge in [0, 0.05) is 17.2 Å². The van der Waals surface area contributed by atoms with Crippen molar-refractivity contribution in [2.75, 3.05) is 11.9 Å². The summed E-state index contributed by atoms with van der Waals surface area (Å²) in [5.74, 6) is 1.52. The first kappa shape index (κ1) is 17.0. The van der Waals surface area contributed by atoms with Crippen LogP contribution in [0.2, 0.25) is 0 Å². The molecule has 0 spiro atoms. The molecule has 0 bridgehead atoms. The van der Waals surface area contributed by atoms with Crippen molar-refractivity contribution >= 4 is 28.9 Å². The Bertz CT molecular complexity index is 761. The Balaban J connectivity index is 1.59. The highest BCUT2D eigenvalue weighted by atomic mass is 32.2. The van der Waals surface area contributed by atoms with E-state index in [0.717, 1.165) is 15.7 Å². The van der Waals surface area contributed by atoms with Crippen LogP contribution in [0.5, 0.6) is 0 Å². The maximum Gasteiger partial charge on any atom is 0.145 e. The lowest BCUT2D eigenvalue weighted by Crippen LogP contribution is -2.30. The average molecular weight is 358 g/mol. The Morgan fingerprint density at radius 1 is 1.17 bits per heavy atom. The summed E-state index contributed by atoms with van der Waals surface area (Å²) in [6.07, 6.45) is 3.44. The molecule has 0 aliphatic rings. The van der Waals surface area contributed by atoms with Gasteiger partial charge in [0.2, 0.25) is 0 Å². The van der Waals surface area contributed by atoms with Crippen LogP contribution >= 0.6 is 23.1 Å². The highest BCUT2D eigenvalue weighted by Gasteiger charge is 2.24. The normalized spacial score (nSPS) is 13.4. The maximum absolute atomic E-state index is 10.6. The van der Waals surface area contributed by atoms with Crippen LogP contribution in [0.15, 0.2) is 65.3 Å². The maximum atomic E-state index is 10.6. The monoisotopic (exact) mass is 357 g/mol. The molecule has 24 heavy (non-hydrogen) atoms. The summed E-state index contributed by atoms with van der Waals surface area (Å²) in [6.45, 7) is 2.18. The lowest BCUT2D eigenvalue weighted by atomic mass is 10.1. The van der Waals surface area contributed by atoms with Gasteiger partial charge in [-0.1, -0.05) is 36.4 Å². The van der Waals surface area contributed by atoms with Gasteiger partial charge in [0.1, 0.15) is 16.4 Å². The van der Waals surface area contributed by atoms with Gasteiger partial charge < -0.3 is 10.4 Å². The molecule has 0 amide bonds. The van der Waals surface area contributed by atoms with Crippen LogP contribution in [0.4, 0.5) is 5.82 Å². The predicted molar refractivity (Wildman–Crippen MR) is 100 cm³/mol. The van der Waals surface area contributed by atoms with Gasteiger partial charge in [-0.25, -0.2) is 4.98 Å². The summed E-state index contributed by atoms with van der Waals surface area (Å²) in [4.78, 5) is 9.72. The summed E-state index contributed by atoms with van der Waals surface area (Å²) in [5.41, 5.74) is 0.326. The van der Waals surface area contributed by atoms with Crippen LogP contribution < -0.4 is 5.32 Å². The molecule has 0 saturated carbocycles. The molecule has 2 heterocycles. The number of anilines is 1. The fourth-order valence-corrected chi connectivity index (χ4v) is 3.76. The van der Waals surface area contributed by atoms with Gasteiger partial charge in [-0.2, -0.15) is 0 Å². The number of nitrogens with zero attached hydrogens (tertiary/aromatic N) is 2. The second-order valence-electron chi connectivity index (χ2n) is 5.62. The Hall–Kier alpha value is -1.89. The molecule has 0 aliphatic heterocycles. The SMILES string of the molecule is CC(O)(CNc1cncc(SCc2ccccc2)n1)c1cccs1. The van der Waals surface area contributed by atoms with Crippen LogP contribution in [-0.4, -0.2) is 21.6 Å². The first-order chi connectivity index (χ1) is 11.6. The first-order valence-electron chi connectivity index (χ1n) is 7.62. The topological polar surface area (TPSA) is 58.0 Å². The Morgan fingerprint density at radius 3 is 2.75 bits per heavy atom. The van der Waals surface area contributed by atoms with Crippen molar-refractivity contribution in [2.24, 2.45) is 0 Å². The van der Waals surface area contributed by atoms with Crippen LogP contribution in [0, 0.1) is 0 Å². The number of hydrogen-bond donors (Lipinski definition) is 2. The number of nitrogens with one attached hydrogen (secondary N) is 1. The molecule has 1 unspecified atom stereocenters. The molecule has 1 atom stereocenters. The number of aliphatic hydroxyl groups is 1. The quantitative estimate of drug-likeness (QED) is 0.622. The molecular weight excluding hydrogens is 338 g/mol. The van der Waals surface area contributed by atoms with Crippen molar-refractivity contribution in [3.8, 4) is 0 Å². The van der Waals surface area contributed by atoms with Gasteiger partial charge in [-0.15, -0.1) is 23.1 Å². The summed E-state index contributed by atoms with van der Waals surface area (Å²) in [7, 11) is 0. The number of thioether (sulfide) groups is 1. The van der Waals surface area contributed by atoms with E-state index in [9.17, 15) is 5.11 Å². The van der Waals surface area contributed by atoms with Crippen LogP contribution in [-0.2, 0) is 11.4 Å². The summed E-state index contributed by atoms with van der Waals surface area (Å²) in [6, 6.07) is 14.2. The third-order valence-electron chi connectivity index (χ3n) is 3.51. The largest absolute Gasteiger partial charge is 0.383 e. The van der Waals surface area contributed by atoms with Gasteiger partial charge in [0.25, 0.3) is 0 Å². The van der Waals surface area contributed by atoms with Crippen LogP contribution in [0.1, 0.15) is 17.4 Å². The van der Waals surface area contributed by atoms with E-state index in [1.165, 1.54) is 5.56 Å². The molecule has 2 aromatic heterocycles. The van der Waals surface area contributed by atoms with E-state index in [1.807, 2.05) is 35.7 Å². The summed E-state index contributed by atoms with van der Waals surface area (Å²) in [5, 5.41) is 16.6. The molecule has 0 saturated heterocycles. The van der Waals surface area contributed by atoms with Crippen LogP contribution in [0.25, 0.3) is 0 Å². The van der Waals surface area contributed by atoms with Gasteiger partial charge in [0.15, 0.2) is 0 Å². The molecule has 0 radical (unpaired) electrons.